The number of ether oxygens (including phenoxy) is 1. The lowest BCUT2D eigenvalue weighted by Gasteiger charge is -2.07. The minimum atomic E-state index is -0.445. The zero-order valence-corrected chi connectivity index (χ0v) is 11.5. The molecule has 1 heterocycles. The van der Waals surface area contributed by atoms with Crippen LogP contribution in [0, 0.1) is 4.77 Å². The van der Waals surface area contributed by atoms with E-state index in [4.69, 9.17) is 12.2 Å². The van der Waals surface area contributed by atoms with Crippen LogP contribution in [0.4, 0.5) is 0 Å². The van der Waals surface area contributed by atoms with E-state index in [0.29, 0.717) is 27.8 Å². The molecule has 1 N–H and O–H groups in total. The van der Waals surface area contributed by atoms with Gasteiger partial charge in [0.1, 0.15) is 0 Å². The van der Waals surface area contributed by atoms with Gasteiger partial charge < -0.3 is 9.72 Å². The normalized spacial score (nSPS) is 10.6. The number of fused-ring (bicyclic) bond motifs is 1. The van der Waals surface area contributed by atoms with Crippen LogP contribution in [0.15, 0.2) is 23.0 Å². The van der Waals surface area contributed by atoms with Crippen LogP contribution in [-0.4, -0.2) is 22.6 Å². The summed E-state index contributed by atoms with van der Waals surface area (Å²) in [7, 11) is 1.31. The van der Waals surface area contributed by atoms with E-state index in [0.717, 1.165) is 6.42 Å². The molecule has 0 spiro atoms. The van der Waals surface area contributed by atoms with Gasteiger partial charge in [0.05, 0.1) is 23.6 Å². The fraction of sp³-hybridized carbons (Fsp3) is 0.308. The first-order valence-electron chi connectivity index (χ1n) is 5.93. The first kappa shape index (κ1) is 13.5. The molecule has 0 bridgehead atoms. The van der Waals surface area contributed by atoms with E-state index >= 15 is 0 Å². The highest BCUT2D eigenvalue weighted by molar-refractivity contribution is 7.71. The Balaban J connectivity index is 2.71. The molecule has 2 rings (SSSR count). The first-order valence-corrected chi connectivity index (χ1v) is 6.34. The highest BCUT2D eigenvalue weighted by Gasteiger charge is 2.09. The predicted octanol–water partition coefficient (Wildman–Crippen LogP) is 2.26. The minimum absolute atomic E-state index is 0.142. The summed E-state index contributed by atoms with van der Waals surface area (Å²) < 4.78 is 6.53. The molecular weight excluding hydrogens is 264 g/mol. The van der Waals surface area contributed by atoms with E-state index in [1.807, 2.05) is 6.92 Å². The minimum Gasteiger partial charge on any atom is -0.465 e. The molecule has 19 heavy (non-hydrogen) atoms. The molecule has 0 aliphatic rings. The third-order valence-corrected chi connectivity index (χ3v) is 3.17. The van der Waals surface area contributed by atoms with E-state index in [1.165, 1.54) is 11.7 Å². The Bertz CT molecular complexity index is 746. The number of carbonyl (C=O) groups excluding carboxylic acids is 1. The monoisotopic (exact) mass is 278 g/mol. The van der Waals surface area contributed by atoms with Gasteiger partial charge in [-0.3, -0.25) is 9.36 Å². The Morgan fingerprint density at radius 1 is 1.47 bits per heavy atom. The number of rotatable bonds is 3. The van der Waals surface area contributed by atoms with Gasteiger partial charge in [-0.15, -0.1) is 0 Å². The second-order valence-corrected chi connectivity index (χ2v) is 4.53. The number of benzene rings is 1. The maximum absolute atomic E-state index is 12.3. The summed E-state index contributed by atoms with van der Waals surface area (Å²) in [6, 6.07) is 4.76. The second kappa shape index (κ2) is 5.36. The molecule has 6 heteroatoms. The van der Waals surface area contributed by atoms with Gasteiger partial charge in [0, 0.05) is 6.54 Å². The van der Waals surface area contributed by atoms with Crippen LogP contribution in [0.1, 0.15) is 23.7 Å². The van der Waals surface area contributed by atoms with E-state index < -0.39 is 5.97 Å². The molecular formula is C13H14N2O3S. The number of nitrogens with zero attached hydrogens (tertiary/aromatic N) is 1. The lowest BCUT2D eigenvalue weighted by molar-refractivity contribution is 0.0601. The number of hydrogen-bond donors (Lipinski definition) is 1. The smallest absolute Gasteiger partial charge is 0.337 e. The number of H-pyrrole nitrogens is 1. The number of methoxy groups -OCH3 is 1. The Morgan fingerprint density at radius 2 is 2.21 bits per heavy atom. The van der Waals surface area contributed by atoms with Gasteiger partial charge in [0.2, 0.25) is 0 Å². The maximum atomic E-state index is 12.3. The summed E-state index contributed by atoms with van der Waals surface area (Å²) in [4.78, 5) is 26.7. The molecule has 0 fully saturated rings. The van der Waals surface area contributed by atoms with Crippen LogP contribution in [0.25, 0.3) is 10.9 Å². The standard InChI is InChI=1S/C13H14N2O3S/c1-3-6-15-11(16)9-5-4-8(12(17)18-2)7-10(9)14-13(15)19/h4-5,7H,3,6H2,1-2H3,(H,14,19). The topological polar surface area (TPSA) is 64.1 Å². The zero-order chi connectivity index (χ0) is 14.0. The largest absolute Gasteiger partial charge is 0.465 e. The van der Waals surface area contributed by atoms with Crippen molar-refractivity contribution in [2.75, 3.05) is 7.11 Å². The molecule has 0 amide bonds. The predicted molar refractivity (Wildman–Crippen MR) is 75.0 cm³/mol. The van der Waals surface area contributed by atoms with Gasteiger partial charge in [-0.25, -0.2) is 4.79 Å². The van der Waals surface area contributed by atoms with Crippen molar-refractivity contribution in [3.63, 3.8) is 0 Å². The third kappa shape index (κ3) is 2.44. The van der Waals surface area contributed by atoms with Gasteiger partial charge in [0.25, 0.3) is 5.56 Å². The van der Waals surface area contributed by atoms with Crippen molar-refractivity contribution >= 4 is 29.1 Å². The van der Waals surface area contributed by atoms with Crippen molar-refractivity contribution < 1.29 is 9.53 Å². The zero-order valence-electron chi connectivity index (χ0n) is 10.7. The molecule has 0 unspecified atom stereocenters. The maximum Gasteiger partial charge on any atom is 0.337 e. The van der Waals surface area contributed by atoms with Gasteiger partial charge >= 0.3 is 5.97 Å². The van der Waals surface area contributed by atoms with E-state index in [9.17, 15) is 9.59 Å². The van der Waals surface area contributed by atoms with Crippen molar-refractivity contribution in [2.45, 2.75) is 19.9 Å². The quantitative estimate of drug-likeness (QED) is 0.691. The summed E-state index contributed by atoms with van der Waals surface area (Å²) in [5.74, 6) is -0.445. The summed E-state index contributed by atoms with van der Waals surface area (Å²) in [6.45, 7) is 2.55. The fourth-order valence-electron chi connectivity index (χ4n) is 1.93. The molecule has 0 aliphatic heterocycles. The number of esters is 1. The fourth-order valence-corrected chi connectivity index (χ4v) is 2.21. The number of aromatic amines is 1. The van der Waals surface area contributed by atoms with Crippen LogP contribution >= 0.6 is 12.2 Å². The first-order chi connectivity index (χ1) is 9.08. The van der Waals surface area contributed by atoms with E-state index in [2.05, 4.69) is 9.72 Å². The van der Waals surface area contributed by atoms with E-state index in [-0.39, 0.29) is 5.56 Å². The van der Waals surface area contributed by atoms with Crippen molar-refractivity contribution in [1.82, 2.24) is 9.55 Å². The average Bonchev–Trinajstić information content (AvgIpc) is 2.42. The Kier molecular flexibility index (Phi) is 3.80. The van der Waals surface area contributed by atoms with Crippen LogP contribution < -0.4 is 5.56 Å². The average molecular weight is 278 g/mol. The van der Waals surface area contributed by atoms with E-state index in [1.54, 1.807) is 18.2 Å². The van der Waals surface area contributed by atoms with Crippen LogP contribution in [-0.2, 0) is 11.3 Å². The van der Waals surface area contributed by atoms with Crippen LogP contribution in [0.5, 0.6) is 0 Å². The van der Waals surface area contributed by atoms with Crippen LogP contribution in [0.2, 0.25) is 0 Å². The van der Waals surface area contributed by atoms with Crippen molar-refractivity contribution in [3.05, 3.63) is 38.9 Å². The molecule has 0 saturated heterocycles. The number of aromatic nitrogens is 2. The Morgan fingerprint density at radius 3 is 2.84 bits per heavy atom. The highest BCUT2D eigenvalue weighted by atomic mass is 32.1. The van der Waals surface area contributed by atoms with Crippen molar-refractivity contribution in [1.29, 1.82) is 0 Å². The molecule has 0 aliphatic carbocycles. The lowest BCUT2D eigenvalue weighted by Crippen LogP contribution is -2.22. The second-order valence-electron chi connectivity index (χ2n) is 4.14. The molecule has 0 radical (unpaired) electrons. The van der Waals surface area contributed by atoms with Gasteiger partial charge in [-0.2, -0.15) is 0 Å². The molecule has 1 aromatic carbocycles. The van der Waals surface area contributed by atoms with Gasteiger partial charge in [-0.05, 0) is 36.8 Å². The van der Waals surface area contributed by atoms with Crippen molar-refractivity contribution in [2.24, 2.45) is 0 Å². The lowest BCUT2D eigenvalue weighted by atomic mass is 10.1. The molecule has 0 saturated carbocycles. The Labute approximate surface area is 114 Å². The van der Waals surface area contributed by atoms with Gasteiger partial charge in [0.15, 0.2) is 4.77 Å². The third-order valence-electron chi connectivity index (χ3n) is 2.85. The molecule has 100 valence electrons. The molecule has 2 aromatic rings. The Hall–Kier alpha value is -1.95. The summed E-state index contributed by atoms with van der Waals surface area (Å²) in [6.07, 6.45) is 0.823. The summed E-state index contributed by atoms with van der Waals surface area (Å²) in [5, 5.41) is 0.509. The SMILES string of the molecule is CCCn1c(=S)[nH]c2cc(C(=O)OC)ccc2c1=O. The molecule has 0 atom stereocenters. The molecule has 1 aromatic heterocycles. The molecule has 5 nitrogen and oxygen atoms in total. The summed E-state index contributed by atoms with van der Waals surface area (Å²) >= 11 is 5.16. The number of hydrogen-bond acceptors (Lipinski definition) is 4. The van der Waals surface area contributed by atoms with Crippen LogP contribution in [0.3, 0.4) is 0 Å². The van der Waals surface area contributed by atoms with Gasteiger partial charge in [-0.1, -0.05) is 6.92 Å². The highest BCUT2D eigenvalue weighted by Crippen LogP contribution is 2.11. The summed E-state index contributed by atoms with van der Waals surface area (Å²) in [5.41, 5.74) is 0.788. The van der Waals surface area contributed by atoms with Crippen molar-refractivity contribution in [3.8, 4) is 0 Å². The number of carbonyl (C=O) groups is 1. The number of nitrogens with one attached hydrogen (secondary N) is 1.